The van der Waals surface area contributed by atoms with Crippen molar-refractivity contribution in [3.05, 3.63) is 29.3 Å². The maximum Gasteiger partial charge on any atom is 0.309 e. The van der Waals surface area contributed by atoms with Gasteiger partial charge in [-0.05, 0) is 54.2 Å². The smallest absolute Gasteiger partial charge is 0.309 e. The quantitative estimate of drug-likeness (QED) is 0.870. The zero-order valence-electron chi connectivity index (χ0n) is 15.9. The van der Waals surface area contributed by atoms with Crippen LogP contribution in [0.1, 0.15) is 70.4 Å². The first-order valence-electron chi connectivity index (χ1n) is 9.25. The molecule has 2 aliphatic rings. The lowest BCUT2D eigenvalue weighted by Gasteiger charge is -2.49. The SMILES string of the molecule is CC(C)c1ccc2c(c1)N(C)C(=O)C[C@H]1[C@](C)(C(=O)O)CCC[C@]21C. The van der Waals surface area contributed by atoms with E-state index in [9.17, 15) is 14.7 Å². The Bertz CT molecular complexity index is 726. The van der Waals surface area contributed by atoms with Crippen molar-refractivity contribution in [2.45, 2.75) is 64.7 Å². The number of carbonyl (C=O) groups is 2. The summed E-state index contributed by atoms with van der Waals surface area (Å²) in [6.45, 7) is 8.29. The van der Waals surface area contributed by atoms with E-state index in [4.69, 9.17) is 0 Å². The van der Waals surface area contributed by atoms with Gasteiger partial charge in [0.05, 0.1) is 5.41 Å². The van der Waals surface area contributed by atoms with Gasteiger partial charge in [0, 0.05) is 19.2 Å². The number of amides is 1. The molecule has 1 heterocycles. The predicted octanol–water partition coefficient (Wildman–Crippen LogP) is 4.33. The second-order valence-electron chi connectivity index (χ2n) is 8.63. The van der Waals surface area contributed by atoms with Crippen LogP contribution in [0, 0.1) is 11.3 Å². The zero-order valence-corrected chi connectivity index (χ0v) is 15.9. The number of rotatable bonds is 2. The Balaban J connectivity index is 2.23. The van der Waals surface area contributed by atoms with Crippen LogP contribution in [-0.2, 0) is 15.0 Å². The minimum absolute atomic E-state index is 0.0188. The van der Waals surface area contributed by atoms with Crippen LogP contribution in [0.3, 0.4) is 0 Å². The Morgan fingerprint density at radius 1 is 1.28 bits per heavy atom. The fourth-order valence-corrected chi connectivity index (χ4v) is 5.02. The van der Waals surface area contributed by atoms with E-state index in [1.807, 2.05) is 14.0 Å². The van der Waals surface area contributed by atoms with Crippen molar-refractivity contribution in [2.24, 2.45) is 11.3 Å². The molecule has 0 spiro atoms. The monoisotopic (exact) mass is 343 g/mol. The van der Waals surface area contributed by atoms with Gasteiger partial charge in [0.25, 0.3) is 0 Å². The second kappa shape index (κ2) is 5.86. The summed E-state index contributed by atoms with van der Waals surface area (Å²) < 4.78 is 0. The van der Waals surface area contributed by atoms with Crippen LogP contribution in [0.15, 0.2) is 18.2 Å². The van der Waals surface area contributed by atoms with E-state index < -0.39 is 11.4 Å². The lowest BCUT2D eigenvalue weighted by molar-refractivity contribution is -0.157. The summed E-state index contributed by atoms with van der Waals surface area (Å²) in [5, 5.41) is 9.93. The molecule has 0 unspecified atom stereocenters. The maximum atomic E-state index is 12.9. The molecule has 25 heavy (non-hydrogen) atoms. The molecule has 1 aliphatic carbocycles. The largest absolute Gasteiger partial charge is 0.481 e. The van der Waals surface area contributed by atoms with E-state index in [0.29, 0.717) is 18.8 Å². The molecule has 3 atom stereocenters. The Kier molecular flexibility index (Phi) is 4.21. The van der Waals surface area contributed by atoms with Gasteiger partial charge in [-0.1, -0.05) is 39.3 Å². The number of carbonyl (C=O) groups excluding carboxylic acids is 1. The van der Waals surface area contributed by atoms with E-state index >= 15 is 0 Å². The van der Waals surface area contributed by atoms with Gasteiger partial charge >= 0.3 is 5.97 Å². The van der Waals surface area contributed by atoms with Gasteiger partial charge in [-0.25, -0.2) is 0 Å². The number of anilines is 1. The molecule has 4 nitrogen and oxygen atoms in total. The highest BCUT2D eigenvalue weighted by molar-refractivity contribution is 5.96. The standard InChI is InChI=1S/C21H29NO3/c1-13(2)14-7-8-15-16(11-14)22(5)18(23)12-17-20(15,3)9-6-10-21(17,4)19(24)25/h7-8,11,13,17H,6,9-10,12H2,1-5H3,(H,24,25)/t17-,20-,21-/m1/s1. The summed E-state index contributed by atoms with van der Waals surface area (Å²) in [5.74, 6) is -0.560. The molecule has 4 heteroatoms. The molecule has 1 saturated carbocycles. The highest BCUT2D eigenvalue weighted by Gasteiger charge is 2.56. The van der Waals surface area contributed by atoms with Gasteiger partial charge in [-0.15, -0.1) is 0 Å². The van der Waals surface area contributed by atoms with Gasteiger partial charge < -0.3 is 10.0 Å². The third-order valence-corrected chi connectivity index (χ3v) is 6.84. The second-order valence-corrected chi connectivity index (χ2v) is 8.63. The topological polar surface area (TPSA) is 57.6 Å². The van der Waals surface area contributed by atoms with Gasteiger partial charge in [0.1, 0.15) is 0 Å². The first-order valence-corrected chi connectivity index (χ1v) is 9.25. The van der Waals surface area contributed by atoms with E-state index in [2.05, 4.69) is 39.0 Å². The van der Waals surface area contributed by atoms with Crippen LogP contribution >= 0.6 is 0 Å². The van der Waals surface area contributed by atoms with E-state index in [0.717, 1.165) is 24.1 Å². The third-order valence-electron chi connectivity index (χ3n) is 6.84. The number of fused-ring (bicyclic) bond motifs is 3. The first kappa shape index (κ1) is 18.0. The molecule has 1 aromatic rings. The van der Waals surface area contributed by atoms with Crippen LogP contribution in [0.25, 0.3) is 0 Å². The van der Waals surface area contributed by atoms with Crippen LogP contribution < -0.4 is 4.90 Å². The van der Waals surface area contributed by atoms with Crippen molar-refractivity contribution in [3.63, 3.8) is 0 Å². The highest BCUT2D eigenvalue weighted by atomic mass is 16.4. The van der Waals surface area contributed by atoms with Crippen molar-refractivity contribution in [3.8, 4) is 0 Å². The summed E-state index contributed by atoms with van der Waals surface area (Å²) in [6.07, 6.45) is 2.73. The average Bonchev–Trinajstić information content (AvgIpc) is 2.64. The van der Waals surface area contributed by atoms with E-state index in [1.54, 1.807) is 4.90 Å². The number of hydrogen-bond acceptors (Lipinski definition) is 2. The zero-order chi connectivity index (χ0) is 18.6. The molecule has 136 valence electrons. The summed E-state index contributed by atoms with van der Waals surface area (Å²) >= 11 is 0. The van der Waals surface area contributed by atoms with Crippen molar-refractivity contribution in [2.75, 3.05) is 11.9 Å². The molecule has 0 radical (unpaired) electrons. The number of carboxylic acids is 1. The van der Waals surface area contributed by atoms with Crippen molar-refractivity contribution in [1.82, 2.24) is 0 Å². The molecule has 3 rings (SSSR count). The first-order chi connectivity index (χ1) is 11.6. The lowest BCUT2D eigenvalue weighted by Crippen LogP contribution is -2.50. The molecule has 0 aromatic heterocycles. The molecule has 1 aromatic carbocycles. The Morgan fingerprint density at radius 3 is 2.56 bits per heavy atom. The minimum atomic E-state index is -0.859. The van der Waals surface area contributed by atoms with E-state index in [1.165, 1.54) is 5.56 Å². The van der Waals surface area contributed by atoms with Crippen LogP contribution in [0.5, 0.6) is 0 Å². The molecule has 0 saturated heterocycles. The third kappa shape index (κ3) is 2.57. The van der Waals surface area contributed by atoms with Crippen molar-refractivity contribution in [1.29, 1.82) is 0 Å². The van der Waals surface area contributed by atoms with Crippen molar-refractivity contribution < 1.29 is 14.7 Å². The molecule has 0 bridgehead atoms. The summed E-state index contributed by atoms with van der Waals surface area (Å²) in [4.78, 5) is 26.7. The Hall–Kier alpha value is -1.84. The normalized spacial score (nSPS) is 32.2. The predicted molar refractivity (Wildman–Crippen MR) is 99.0 cm³/mol. The summed E-state index contributed by atoms with van der Waals surface area (Å²) in [7, 11) is 1.82. The van der Waals surface area contributed by atoms with Gasteiger partial charge in [-0.3, -0.25) is 9.59 Å². The number of hydrogen-bond donors (Lipinski definition) is 1. The molecule has 1 N–H and O–H groups in total. The lowest BCUT2D eigenvalue weighted by atomic mass is 9.53. The summed E-state index contributed by atoms with van der Waals surface area (Å²) in [5.41, 5.74) is 2.13. The fourth-order valence-electron chi connectivity index (χ4n) is 5.02. The number of aliphatic carboxylic acids is 1. The number of carboxylic acid groups (broad SMARTS) is 1. The minimum Gasteiger partial charge on any atom is -0.481 e. The van der Waals surface area contributed by atoms with Crippen LogP contribution in [0.4, 0.5) is 5.69 Å². The van der Waals surface area contributed by atoms with Crippen LogP contribution in [0.2, 0.25) is 0 Å². The molecule has 1 amide bonds. The van der Waals surface area contributed by atoms with Gasteiger partial charge in [0.15, 0.2) is 0 Å². The average molecular weight is 343 g/mol. The Labute approximate surface area is 150 Å². The fraction of sp³-hybridized carbons (Fsp3) is 0.619. The number of benzene rings is 1. The van der Waals surface area contributed by atoms with E-state index in [-0.39, 0.29) is 17.2 Å². The highest BCUT2D eigenvalue weighted by Crippen LogP contribution is 2.57. The molecular formula is C21H29NO3. The molecular weight excluding hydrogens is 314 g/mol. The molecule has 1 fully saturated rings. The van der Waals surface area contributed by atoms with Crippen molar-refractivity contribution >= 4 is 17.6 Å². The maximum absolute atomic E-state index is 12.9. The van der Waals surface area contributed by atoms with Gasteiger partial charge in [0.2, 0.25) is 5.91 Å². The van der Waals surface area contributed by atoms with Crippen LogP contribution in [-0.4, -0.2) is 24.0 Å². The Morgan fingerprint density at radius 2 is 1.96 bits per heavy atom. The van der Waals surface area contributed by atoms with Gasteiger partial charge in [-0.2, -0.15) is 0 Å². The number of nitrogens with zero attached hydrogens (tertiary/aromatic N) is 1. The molecule has 1 aliphatic heterocycles. The summed E-state index contributed by atoms with van der Waals surface area (Å²) in [6, 6.07) is 6.40.